The van der Waals surface area contributed by atoms with Crippen LogP contribution in [0.4, 0.5) is 17.3 Å². The Bertz CT molecular complexity index is 2980. The van der Waals surface area contributed by atoms with E-state index in [9.17, 15) is 0 Å². The zero-order chi connectivity index (χ0) is 31.3. The van der Waals surface area contributed by atoms with Crippen molar-refractivity contribution in [2.75, 3.05) is 4.90 Å². The van der Waals surface area contributed by atoms with Crippen LogP contribution in [0.2, 0.25) is 0 Å². The van der Waals surface area contributed by atoms with Gasteiger partial charge in [0.2, 0.25) is 5.95 Å². The van der Waals surface area contributed by atoms with Crippen LogP contribution in [0.25, 0.3) is 85.9 Å². The molecular weight excluding hydrogens is 605 g/mol. The van der Waals surface area contributed by atoms with Crippen LogP contribution >= 0.6 is 11.3 Å². The van der Waals surface area contributed by atoms with Crippen molar-refractivity contribution in [1.29, 1.82) is 0 Å². The fourth-order valence-electron chi connectivity index (χ4n) is 7.81. The van der Waals surface area contributed by atoms with Gasteiger partial charge in [0.15, 0.2) is 0 Å². The number of anilines is 3. The fraction of sp³-hybridized carbons (Fsp3) is 0. The highest BCUT2D eigenvalue weighted by Gasteiger charge is 2.30. The maximum Gasteiger partial charge on any atom is 0.235 e. The van der Waals surface area contributed by atoms with E-state index in [0.717, 1.165) is 39.1 Å². The van der Waals surface area contributed by atoms with Gasteiger partial charge in [0, 0.05) is 42.9 Å². The maximum atomic E-state index is 5.49. The highest BCUT2D eigenvalue weighted by molar-refractivity contribution is 7.26. The third kappa shape index (κ3) is 3.51. The van der Waals surface area contributed by atoms with E-state index in [1.807, 2.05) is 23.6 Å². The molecule has 0 unspecified atom stereocenters. The van der Waals surface area contributed by atoms with Crippen LogP contribution in [0, 0.1) is 0 Å². The van der Waals surface area contributed by atoms with Crippen LogP contribution in [-0.2, 0) is 0 Å². The van der Waals surface area contributed by atoms with Gasteiger partial charge in [0.1, 0.15) is 11.2 Å². The van der Waals surface area contributed by atoms with E-state index in [1.165, 1.54) is 58.2 Å². The van der Waals surface area contributed by atoms with Crippen molar-refractivity contribution in [3.05, 3.63) is 146 Å². The first-order valence-electron chi connectivity index (χ1n) is 16.1. The summed E-state index contributed by atoms with van der Waals surface area (Å²) in [5.41, 5.74) is 8.03. The van der Waals surface area contributed by atoms with Crippen molar-refractivity contribution in [2.45, 2.75) is 0 Å². The number of rotatable bonds is 2. The minimum Gasteiger partial charge on any atom is -0.278 e. The van der Waals surface area contributed by atoms with E-state index in [0.29, 0.717) is 5.95 Å². The molecule has 0 amide bonds. The van der Waals surface area contributed by atoms with Crippen molar-refractivity contribution in [3.8, 4) is 22.4 Å². The van der Waals surface area contributed by atoms with Crippen LogP contribution in [0.1, 0.15) is 0 Å². The van der Waals surface area contributed by atoms with E-state index in [2.05, 4.69) is 138 Å². The topological polar surface area (TPSA) is 41.9 Å². The zero-order valence-corrected chi connectivity index (χ0v) is 26.4. The van der Waals surface area contributed by atoms with Gasteiger partial charge in [-0.25, -0.2) is 9.97 Å². The van der Waals surface area contributed by atoms with E-state index in [4.69, 9.17) is 15.0 Å². The van der Waals surface area contributed by atoms with Crippen molar-refractivity contribution < 1.29 is 0 Å². The average Bonchev–Trinajstić information content (AvgIpc) is 3.53. The number of thiophene rings is 1. The second kappa shape index (κ2) is 9.67. The third-order valence-electron chi connectivity index (χ3n) is 9.82. The maximum absolute atomic E-state index is 5.49. The Morgan fingerprint density at radius 1 is 0.479 bits per heavy atom. The molecular formula is C43H24N4S. The highest BCUT2D eigenvalue weighted by atomic mass is 32.1. The molecule has 0 atom stereocenters. The van der Waals surface area contributed by atoms with Gasteiger partial charge in [0.25, 0.3) is 0 Å². The number of aromatic nitrogens is 3. The van der Waals surface area contributed by atoms with Gasteiger partial charge in [-0.3, -0.25) is 9.88 Å². The third-order valence-corrected chi connectivity index (χ3v) is 10.9. The Morgan fingerprint density at radius 3 is 2.17 bits per heavy atom. The highest BCUT2D eigenvalue weighted by Crippen LogP contribution is 2.54. The molecule has 1 aliphatic heterocycles. The number of para-hydroxylation sites is 1. The Balaban J connectivity index is 1.27. The van der Waals surface area contributed by atoms with Crippen molar-refractivity contribution in [2.24, 2.45) is 0 Å². The van der Waals surface area contributed by atoms with Crippen molar-refractivity contribution in [3.63, 3.8) is 0 Å². The molecule has 0 saturated heterocycles. The Kier molecular flexibility index (Phi) is 5.23. The summed E-state index contributed by atoms with van der Waals surface area (Å²) in [6.07, 6.45) is 1.84. The van der Waals surface area contributed by atoms with E-state index in [1.54, 1.807) is 0 Å². The molecule has 0 spiro atoms. The quantitative estimate of drug-likeness (QED) is 0.179. The molecule has 0 saturated carbocycles. The second-order valence-electron chi connectivity index (χ2n) is 12.4. The van der Waals surface area contributed by atoms with Crippen LogP contribution in [0.15, 0.2) is 146 Å². The number of nitrogens with zero attached hydrogens (tertiary/aromatic N) is 4. The first-order chi connectivity index (χ1) is 23.8. The lowest BCUT2D eigenvalue weighted by Gasteiger charge is -2.32. The summed E-state index contributed by atoms with van der Waals surface area (Å²) in [7, 11) is 0. The molecule has 10 aromatic rings. The normalized spacial score (nSPS) is 12.5. The van der Waals surface area contributed by atoms with Crippen LogP contribution in [0.5, 0.6) is 0 Å². The molecule has 48 heavy (non-hydrogen) atoms. The molecule has 3 aromatic heterocycles. The van der Waals surface area contributed by atoms with Gasteiger partial charge in [0.05, 0.1) is 16.9 Å². The monoisotopic (exact) mass is 628 g/mol. The predicted molar refractivity (Wildman–Crippen MR) is 202 cm³/mol. The van der Waals surface area contributed by atoms with Gasteiger partial charge in [-0.15, -0.1) is 11.3 Å². The molecule has 7 aromatic carbocycles. The SMILES string of the molecule is c1ccc2c(c1)-c1cccc3c1c(cc1sc4ccccc4c13)N2c1nc(-c2cc3ccccc3c3ccccc23)c2ncccc2n1. The summed E-state index contributed by atoms with van der Waals surface area (Å²) < 4.78 is 2.54. The van der Waals surface area contributed by atoms with Gasteiger partial charge < -0.3 is 0 Å². The average molecular weight is 629 g/mol. The number of hydrogen-bond acceptors (Lipinski definition) is 5. The van der Waals surface area contributed by atoms with Crippen LogP contribution in [-0.4, -0.2) is 15.0 Å². The summed E-state index contributed by atoms with van der Waals surface area (Å²) in [6, 6.07) is 49.9. The molecule has 0 bridgehead atoms. The number of pyridine rings is 1. The lowest BCUT2D eigenvalue weighted by atomic mass is 9.89. The van der Waals surface area contributed by atoms with Crippen LogP contribution in [0.3, 0.4) is 0 Å². The first-order valence-corrected chi connectivity index (χ1v) is 16.9. The Labute approximate surface area is 279 Å². The number of benzene rings is 7. The largest absolute Gasteiger partial charge is 0.278 e. The van der Waals surface area contributed by atoms with Crippen LogP contribution < -0.4 is 4.90 Å². The molecule has 1 aliphatic rings. The predicted octanol–water partition coefficient (Wildman–Crippen LogP) is 12.0. The summed E-state index contributed by atoms with van der Waals surface area (Å²) >= 11 is 1.84. The van der Waals surface area contributed by atoms with Crippen molar-refractivity contribution in [1.82, 2.24) is 15.0 Å². The Hall–Kier alpha value is -6.17. The summed E-state index contributed by atoms with van der Waals surface area (Å²) in [4.78, 5) is 17.9. The minimum atomic E-state index is 0.631. The number of hydrogen-bond donors (Lipinski definition) is 0. The van der Waals surface area contributed by atoms with Gasteiger partial charge in [-0.2, -0.15) is 0 Å². The molecule has 0 aliphatic carbocycles. The summed E-state index contributed by atoms with van der Waals surface area (Å²) in [5, 5.41) is 9.82. The molecule has 11 rings (SSSR count). The molecule has 0 radical (unpaired) electrons. The first kappa shape index (κ1) is 26.0. The standard InChI is InChI=1S/C43H24N4S/c1-2-12-26-25(11-1)23-33(28-14-4-3-13-27(26)28)41-42-34(19-10-22-44-42)45-43(46-41)47-35-20-7-5-15-29(35)30-17-9-18-32-39(30)36(47)24-38-40(32)31-16-6-8-21-37(31)48-38/h1-24H. The lowest BCUT2D eigenvalue weighted by Crippen LogP contribution is -2.18. The fourth-order valence-corrected chi connectivity index (χ4v) is 8.97. The lowest BCUT2D eigenvalue weighted by molar-refractivity contribution is 1.11. The van der Waals surface area contributed by atoms with Gasteiger partial charge in [-0.1, -0.05) is 103 Å². The smallest absolute Gasteiger partial charge is 0.235 e. The molecule has 4 nitrogen and oxygen atoms in total. The molecule has 5 heteroatoms. The second-order valence-corrected chi connectivity index (χ2v) is 13.5. The Morgan fingerprint density at radius 2 is 1.23 bits per heavy atom. The van der Waals surface area contributed by atoms with Gasteiger partial charge in [-0.05, 0) is 68.9 Å². The summed E-state index contributed by atoms with van der Waals surface area (Å²) in [5.74, 6) is 0.631. The minimum absolute atomic E-state index is 0.631. The zero-order valence-electron chi connectivity index (χ0n) is 25.6. The summed E-state index contributed by atoms with van der Waals surface area (Å²) in [6.45, 7) is 0. The number of fused-ring (bicyclic) bond motifs is 10. The molecule has 4 heterocycles. The van der Waals surface area contributed by atoms with E-state index in [-0.39, 0.29) is 0 Å². The molecule has 0 N–H and O–H groups in total. The van der Waals surface area contributed by atoms with E-state index >= 15 is 0 Å². The molecule has 222 valence electrons. The molecule has 0 fully saturated rings. The van der Waals surface area contributed by atoms with Crippen molar-refractivity contribution >= 4 is 92.2 Å². The van der Waals surface area contributed by atoms with Gasteiger partial charge >= 0.3 is 0 Å². The van der Waals surface area contributed by atoms with E-state index < -0.39 is 0 Å².